The smallest absolute Gasteiger partial charge is 0.115 e. The van der Waals surface area contributed by atoms with Crippen molar-refractivity contribution in [3.05, 3.63) is 35.4 Å². The van der Waals surface area contributed by atoms with Crippen LogP contribution in [0.4, 0.5) is 0 Å². The molecule has 15 heavy (non-hydrogen) atoms. The predicted molar refractivity (Wildman–Crippen MR) is 64.8 cm³/mol. The van der Waals surface area contributed by atoms with Crippen molar-refractivity contribution >= 4 is 5.84 Å². The van der Waals surface area contributed by atoms with Crippen molar-refractivity contribution in [2.45, 2.75) is 33.2 Å². The molecule has 0 fully saturated rings. The minimum absolute atomic E-state index is 0.265. The van der Waals surface area contributed by atoms with Gasteiger partial charge >= 0.3 is 0 Å². The van der Waals surface area contributed by atoms with Crippen LogP contribution >= 0.6 is 0 Å². The summed E-state index contributed by atoms with van der Waals surface area (Å²) in [7, 11) is 0. The second-order valence-corrected chi connectivity index (χ2v) is 3.98. The lowest BCUT2D eigenvalue weighted by molar-refractivity contribution is 0.811. The van der Waals surface area contributed by atoms with Gasteiger partial charge in [0.1, 0.15) is 5.84 Å². The molecular weight excluding hydrogens is 186 g/mol. The fraction of sp³-hybridized carbons (Fsp3) is 0.417. The summed E-state index contributed by atoms with van der Waals surface area (Å²) in [5.74, 6) is 6.26. The molecule has 0 saturated carbocycles. The number of aliphatic imine (C=N–C) groups is 1. The molecule has 3 nitrogen and oxygen atoms in total. The fourth-order valence-corrected chi connectivity index (χ4v) is 1.46. The Kier molecular flexibility index (Phi) is 4.31. The molecular formula is C12H19N3. The zero-order valence-electron chi connectivity index (χ0n) is 9.62. The van der Waals surface area contributed by atoms with Crippen LogP contribution < -0.4 is 11.3 Å². The van der Waals surface area contributed by atoms with Gasteiger partial charge in [-0.05, 0) is 26.3 Å². The molecule has 0 amide bonds. The zero-order valence-corrected chi connectivity index (χ0v) is 9.62. The number of nitrogens with two attached hydrogens (primary N) is 1. The molecule has 82 valence electrons. The third kappa shape index (κ3) is 4.13. The molecule has 0 heterocycles. The minimum atomic E-state index is 0.265. The quantitative estimate of drug-likeness (QED) is 0.342. The Morgan fingerprint density at radius 1 is 1.47 bits per heavy atom. The summed E-state index contributed by atoms with van der Waals surface area (Å²) in [6.07, 6.45) is 0.760. The Labute approximate surface area is 91.4 Å². The summed E-state index contributed by atoms with van der Waals surface area (Å²) >= 11 is 0. The van der Waals surface area contributed by atoms with Crippen molar-refractivity contribution in [1.29, 1.82) is 0 Å². The van der Waals surface area contributed by atoms with E-state index in [2.05, 4.69) is 35.5 Å². The highest BCUT2D eigenvalue weighted by Gasteiger charge is 2.00. The molecule has 0 bridgehead atoms. The van der Waals surface area contributed by atoms with Crippen molar-refractivity contribution < 1.29 is 0 Å². The summed E-state index contributed by atoms with van der Waals surface area (Å²) in [4.78, 5) is 4.40. The zero-order chi connectivity index (χ0) is 11.3. The maximum absolute atomic E-state index is 5.43. The number of hydrogen-bond acceptors (Lipinski definition) is 2. The lowest BCUT2D eigenvalue weighted by Gasteiger charge is -2.08. The van der Waals surface area contributed by atoms with Gasteiger partial charge in [0.25, 0.3) is 0 Å². The van der Waals surface area contributed by atoms with Gasteiger partial charge < -0.3 is 5.43 Å². The van der Waals surface area contributed by atoms with Gasteiger partial charge in [0, 0.05) is 12.5 Å². The number of nitrogens with one attached hydrogen (secondary N) is 1. The van der Waals surface area contributed by atoms with E-state index in [1.165, 1.54) is 11.1 Å². The van der Waals surface area contributed by atoms with Gasteiger partial charge in [-0.25, -0.2) is 5.84 Å². The SMILES string of the molecule is Cc1cccc(CC(=NC(C)C)NN)c1. The molecule has 0 atom stereocenters. The van der Waals surface area contributed by atoms with Crippen LogP contribution in [0.2, 0.25) is 0 Å². The first-order chi connectivity index (χ1) is 7.11. The molecule has 1 aromatic rings. The second-order valence-electron chi connectivity index (χ2n) is 3.98. The Bertz CT molecular complexity index is 342. The highest BCUT2D eigenvalue weighted by Crippen LogP contribution is 2.05. The monoisotopic (exact) mass is 205 g/mol. The average molecular weight is 205 g/mol. The fourth-order valence-electron chi connectivity index (χ4n) is 1.46. The number of hydrazine groups is 1. The van der Waals surface area contributed by atoms with Gasteiger partial charge in [-0.3, -0.25) is 4.99 Å². The lowest BCUT2D eigenvalue weighted by atomic mass is 10.1. The number of aryl methyl sites for hydroxylation is 1. The van der Waals surface area contributed by atoms with E-state index in [1.54, 1.807) is 0 Å². The van der Waals surface area contributed by atoms with Crippen LogP contribution in [0.25, 0.3) is 0 Å². The summed E-state index contributed by atoms with van der Waals surface area (Å²) < 4.78 is 0. The van der Waals surface area contributed by atoms with Crippen molar-refractivity contribution in [3.8, 4) is 0 Å². The average Bonchev–Trinajstić information content (AvgIpc) is 2.16. The number of hydrogen-bond donors (Lipinski definition) is 2. The molecule has 0 unspecified atom stereocenters. The maximum Gasteiger partial charge on any atom is 0.115 e. The summed E-state index contributed by atoms with van der Waals surface area (Å²) in [6, 6.07) is 8.63. The number of amidine groups is 1. The molecule has 0 aliphatic carbocycles. The molecule has 3 N–H and O–H groups in total. The standard InChI is InChI=1S/C12H19N3/c1-9(2)14-12(15-13)8-11-6-4-5-10(3)7-11/h4-7,9H,8,13H2,1-3H3,(H,14,15). The molecule has 3 heteroatoms. The van der Waals surface area contributed by atoms with Crippen molar-refractivity contribution in [2.24, 2.45) is 10.8 Å². The van der Waals surface area contributed by atoms with Crippen LogP contribution in [0.3, 0.4) is 0 Å². The van der Waals surface area contributed by atoms with Crippen LogP contribution in [0.5, 0.6) is 0 Å². The minimum Gasteiger partial charge on any atom is -0.312 e. The van der Waals surface area contributed by atoms with Crippen LogP contribution in [-0.2, 0) is 6.42 Å². The summed E-state index contributed by atoms with van der Waals surface area (Å²) in [6.45, 7) is 6.15. The highest BCUT2D eigenvalue weighted by atomic mass is 15.2. The number of benzene rings is 1. The largest absolute Gasteiger partial charge is 0.312 e. The Hall–Kier alpha value is -1.35. The van der Waals surface area contributed by atoms with Gasteiger partial charge in [0.2, 0.25) is 0 Å². The van der Waals surface area contributed by atoms with E-state index in [4.69, 9.17) is 5.84 Å². The van der Waals surface area contributed by atoms with E-state index in [0.29, 0.717) is 0 Å². The van der Waals surface area contributed by atoms with Crippen LogP contribution in [0.15, 0.2) is 29.3 Å². The molecule has 0 saturated heterocycles. The van der Waals surface area contributed by atoms with Crippen molar-refractivity contribution in [1.82, 2.24) is 5.43 Å². The third-order valence-electron chi connectivity index (χ3n) is 2.03. The van der Waals surface area contributed by atoms with E-state index in [9.17, 15) is 0 Å². The first-order valence-electron chi connectivity index (χ1n) is 5.20. The van der Waals surface area contributed by atoms with Crippen LogP contribution in [0.1, 0.15) is 25.0 Å². The molecule has 0 aromatic heterocycles. The normalized spacial score (nSPS) is 11.9. The van der Waals surface area contributed by atoms with Gasteiger partial charge in [-0.2, -0.15) is 0 Å². The Morgan fingerprint density at radius 2 is 2.20 bits per heavy atom. The first-order valence-corrected chi connectivity index (χ1v) is 5.20. The molecule has 0 radical (unpaired) electrons. The van der Waals surface area contributed by atoms with E-state index in [0.717, 1.165) is 12.3 Å². The third-order valence-corrected chi connectivity index (χ3v) is 2.03. The van der Waals surface area contributed by atoms with Gasteiger partial charge in [-0.15, -0.1) is 0 Å². The topological polar surface area (TPSA) is 50.4 Å². The molecule has 1 aromatic carbocycles. The van der Waals surface area contributed by atoms with Gasteiger partial charge in [0.15, 0.2) is 0 Å². The summed E-state index contributed by atoms with van der Waals surface area (Å²) in [5, 5.41) is 0. The van der Waals surface area contributed by atoms with Crippen molar-refractivity contribution in [3.63, 3.8) is 0 Å². The second kappa shape index (κ2) is 5.51. The van der Waals surface area contributed by atoms with E-state index >= 15 is 0 Å². The van der Waals surface area contributed by atoms with Gasteiger partial charge in [-0.1, -0.05) is 29.8 Å². The summed E-state index contributed by atoms with van der Waals surface area (Å²) in [5.41, 5.74) is 5.14. The predicted octanol–water partition coefficient (Wildman–Crippen LogP) is 1.81. The maximum atomic E-state index is 5.43. The van der Waals surface area contributed by atoms with E-state index < -0.39 is 0 Å². The lowest BCUT2D eigenvalue weighted by Crippen LogP contribution is -2.32. The molecule has 0 spiro atoms. The Balaban J connectivity index is 2.75. The van der Waals surface area contributed by atoms with Gasteiger partial charge in [0.05, 0.1) is 0 Å². The number of nitrogens with zero attached hydrogens (tertiary/aromatic N) is 1. The van der Waals surface area contributed by atoms with Crippen molar-refractivity contribution in [2.75, 3.05) is 0 Å². The molecule has 1 rings (SSSR count). The highest BCUT2D eigenvalue weighted by molar-refractivity contribution is 5.84. The van der Waals surface area contributed by atoms with Crippen LogP contribution in [-0.4, -0.2) is 11.9 Å². The Morgan fingerprint density at radius 3 is 2.73 bits per heavy atom. The number of rotatable bonds is 3. The first kappa shape index (κ1) is 11.7. The van der Waals surface area contributed by atoms with E-state index in [1.807, 2.05) is 19.9 Å². The molecule has 0 aliphatic heterocycles. The van der Waals surface area contributed by atoms with E-state index in [-0.39, 0.29) is 6.04 Å². The molecule has 0 aliphatic rings. The van der Waals surface area contributed by atoms with Crippen LogP contribution in [0, 0.1) is 6.92 Å².